The Morgan fingerprint density at radius 1 is 1.16 bits per heavy atom. The molecule has 1 N–H and O–H groups in total. The fraction of sp³-hybridized carbons (Fsp3) is 0.375. The molecular formula is C24H30N4O2S. The number of pyridine rings is 1. The Balaban J connectivity index is 1.64. The minimum Gasteiger partial charge on any atom is -0.346 e. The molecule has 2 aromatic heterocycles. The van der Waals surface area contributed by atoms with E-state index in [1.165, 1.54) is 35.4 Å². The van der Waals surface area contributed by atoms with Crippen molar-refractivity contribution in [2.45, 2.75) is 32.2 Å². The summed E-state index contributed by atoms with van der Waals surface area (Å²) in [6.07, 6.45) is 6.19. The summed E-state index contributed by atoms with van der Waals surface area (Å²) in [6, 6.07) is 14.4. The monoisotopic (exact) mass is 438 g/mol. The molecule has 0 radical (unpaired) electrons. The lowest BCUT2D eigenvalue weighted by atomic mass is 10.00. The van der Waals surface area contributed by atoms with Gasteiger partial charge < -0.3 is 4.57 Å². The number of aryl methyl sites for hydroxylation is 1. The molecule has 1 aliphatic rings. The third-order valence-corrected chi connectivity index (χ3v) is 6.71. The Kier molecular flexibility index (Phi) is 5.90. The van der Waals surface area contributed by atoms with E-state index in [0.29, 0.717) is 11.7 Å². The van der Waals surface area contributed by atoms with Gasteiger partial charge in [-0.25, -0.2) is 8.42 Å². The van der Waals surface area contributed by atoms with Gasteiger partial charge in [0.05, 0.1) is 17.6 Å². The fourth-order valence-electron chi connectivity index (χ4n) is 4.64. The molecule has 0 spiro atoms. The van der Waals surface area contributed by atoms with Gasteiger partial charge in [-0.2, -0.15) is 0 Å². The molecule has 0 bridgehead atoms. The van der Waals surface area contributed by atoms with Crippen molar-refractivity contribution in [3.8, 4) is 11.4 Å². The molecule has 1 aliphatic heterocycles. The number of aromatic nitrogens is 2. The van der Waals surface area contributed by atoms with E-state index in [1.54, 1.807) is 12.1 Å². The molecule has 1 saturated heterocycles. The molecule has 7 heteroatoms. The van der Waals surface area contributed by atoms with Crippen molar-refractivity contribution in [3.63, 3.8) is 0 Å². The summed E-state index contributed by atoms with van der Waals surface area (Å²) >= 11 is 0. The van der Waals surface area contributed by atoms with Gasteiger partial charge in [-0.05, 0) is 74.3 Å². The van der Waals surface area contributed by atoms with E-state index < -0.39 is 10.0 Å². The van der Waals surface area contributed by atoms with Gasteiger partial charge in [-0.1, -0.05) is 18.2 Å². The predicted molar refractivity (Wildman–Crippen MR) is 126 cm³/mol. The van der Waals surface area contributed by atoms with E-state index in [1.807, 2.05) is 24.4 Å². The van der Waals surface area contributed by atoms with Crippen LogP contribution < -0.4 is 4.72 Å². The maximum absolute atomic E-state index is 11.4. The van der Waals surface area contributed by atoms with E-state index in [0.717, 1.165) is 30.5 Å². The van der Waals surface area contributed by atoms with Crippen LogP contribution in [0.1, 0.15) is 41.3 Å². The van der Waals surface area contributed by atoms with Gasteiger partial charge in [0.2, 0.25) is 10.0 Å². The van der Waals surface area contributed by atoms with Crippen molar-refractivity contribution < 1.29 is 8.42 Å². The van der Waals surface area contributed by atoms with Crippen molar-refractivity contribution in [1.82, 2.24) is 14.5 Å². The first-order valence-corrected chi connectivity index (χ1v) is 12.5. The Bertz CT molecular complexity index is 1180. The molecule has 164 valence electrons. The number of hydrogen-bond acceptors (Lipinski definition) is 4. The van der Waals surface area contributed by atoms with E-state index in [9.17, 15) is 8.42 Å². The molecular weight excluding hydrogens is 408 g/mol. The molecule has 3 aromatic rings. The minimum absolute atomic E-state index is 0.413. The van der Waals surface area contributed by atoms with Crippen LogP contribution in [-0.2, 0) is 23.5 Å². The number of hydrogen-bond donors (Lipinski definition) is 1. The Hall–Kier alpha value is -2.64. The highest BCUT2D eigenvalue weighted by Crippen LogP contribution is 2.37. The number of rotatable bonds is 6. The van der Waals surface area contributed by atoms with Gasteiger partial charge in [0.15, 0.2) is 0 Å². The number of benzene rings is 1. The van der Waals surface area contributed by atoms with Gasteiger partial charge in [0, 0.05) is 37.1 Å². The minimum atomic E-state index is -3.27. The van der Waals surface area contributed by atoms with Gasteiger partial charge in [0.1, 0.15) is 0 Å². The topological polar surface area (TPSA) is 67.2 Å². The second-order valence-electron chi connectivity index (χ2n) is 8.55. The molecule has 6 nitrogen and oxygen atoms in total. The highest BCUT2D eigenvalue weighted by atomic mass is 32.2. The smallest absolute Gasteiger partial charge is 0.229 e. The fourth-order valence-corrected chi connectivity index (χ4v) is 5.20. The third kappa shape index (κ3) is 4.67. The first-order chi connectivity index (χ1) is 14.7. The van der Waals surface area contributed by atoms with E-state index >= 15 is 0 Å². The molecule has 1 atom stereocenters. The molecule has 1 aromatic carbocycles. The summed E-state index contributed by atoms with van der Waals surface area (Å²) in [5, 5.41) is 0. The summed E-state index contributed by atoms with van der Waals surface area (Å²) in [5.74, 6) is 0. The second kappa shape index (κ2) is 8.48. The Morgan fingerprint density at radius 2 is 1.90 bits per heavy atom. The SMILES string of the molecule is Cc1cc(Cc2ccc(NS(C)(=O)=O)cc2)n(C)c1-c1ncccc1[C@@H]1CCCN1C. The molecule has 1 fully saturated rings. The zero-order chi connectivity index (χ0) is 22.2. The molecule has 3 heterocycles. The van der Waals surface area contributed by atoms with Gasteiger partial charge >= 0.3 is 0 Å². The summed E-state index contributed by atoms with van der Waals surface area (Å²) in [7, 11) is 1.03. The van der Waals surface area contributed by atoms with Crippen molar-refractivity contribution >= 4 is 15.7 Å². The van der Waals surface area contributed by atoms with Gasteiger partial charge in [0.25, 0.3) is 0 Å². The molecule has 0 saturated carbocycles. The normalized spacial score (nSPS) is 17.2. The summed E-state index contributed by atoms with van der Waals surface area (Å²) in [6.45, 7) is 3.27. The average Bonchev–Trinajstić information content (AvgIpc) is 3.25. The summed E-state index contributed by atoms with van der Waals surface area (Å²) in [4.78, 5) is 7.23. The zero-order valence-corrected chi connectivity index (χ0v) is 19.4. The van der Waals surface area contributed by atoms with Crippen molar-refractivity contribution in [2.75, 3.05) is 24.6 Å². The maximum Gasteiger partial charge on any atom is 0.229 e. The predicted octanol–water partition coefficient (Wildman–Crippen LogP) is 4.12. The van der Waals surface area contributed by atoms with Crippen LogP contribution in [0.4, 0.5) is 5.69 Å². The van der Waals surface area contributed by atoms with Crippen LogP contribution in [0.3, 0.4) is 0 Å². The number of nitrogens with one attached hydrogen (secondary N) is 1. The number of likely N-dealkylation sites (tertiary alicyclic amines) is 1. The molecule has 0 amide bonds. The van der Waals surface area contributed by atoms with Crippen LogP contribution in [0.15, 0.2) is 48.7 Å². The Morgan fingerprint density at radius 3 is 2.55 bits per heavy atom. The van der Waals surface area contributed by atoms with Crippen LogP contribution in [0, 0.1) is 6.92 Å². The quantitative estimate of drug-likeness (QED) is 0.629. The first-order valence-electron chi connectivity index (χ1n) is 10.6. The average molecular weight is 439 g/mol. The van der Waals surface area contributed by atoms with Crippen LogP contribution in [0.25, 0.3) is 11.4 Å². The number of sulfonamides is 1. The van der Waals surface area contributed by atoms with E-state index in [2.05, 4.69) is 47.3 Å². The molecule has 31 heavy (non-hydrogen) atoms. The highest BCUT2D eigenvalue weighted by Gasteiger charge is 2.27. The number of nitrogens with zero attached hydrogens (tertiary/aromatic N) is 3. The van der Waals surface area contributed by atoms with E-state index in [-0.39, 0.29) is 0 Å². The van der Waals surface area contributed by atoms with Crippen LogP contribution in [0.2, 0.25) is 0 Å². The van der Waals surface area contributed by atoms with Crippen molar-refractivity contribution in [3.05, 3.63) is 71.0 Å². The largest absolute Gasteiger partial charge is 0.346 e. The van der Waals surface area contributed by atoms with Crippen LogP contribution in [0.5, 0.6) is 0 Å². The molecule has 0 unspecified atom stereocenters. The summed E-state index contributed by atoms with van der Waals surface area (Å²) in [5.41, 5.74) is 7.66. The Labute approximate surface area is 185 Å². The zero-order valence-electron chi connectivity index (χ0n) is 18.6. The maximum atomic E-state index is 11.4. The third-order valence-electron chi connectivity index (χ3n) is 6.11. The second-order valence-corrected chi connectivity index (χ2v) is 10.3. The molecule has 0 aliphatic carbocycles. The number of anilines is 1. The first kappa shape index (κ1) is 21.6. The lowest BCUT2D eigenvalue weighted by molar-refractivity contribution is 0.317. The lowest BCUT2D eigenvalue weighted by Crippen LogP contribution is -2.18. The van der Waals surface area contributed by atoms with E-state index in [4.69, 9.17) is 4.98 Å². The van der Waals surface area contributed by atoms with Crippen LogP contribution in [-0.4, -0.2) is 42.7 Å². The summed E-state index contributed by atoms with van der Waals surface area (Å²) < 4.78 is 27.6. The highest BCUT2D eigenvalue weighted by molar-refractivity contribution is 7.92. The van der Waals surface area contributed by atoms with Gasteiger partial charge in [-0.15, -0.1) is 0 Å². The van der Waals surface area contributed by atoms with Crippen molar-refractivity contribution in [2.24, 2.45) is 7.05 Å². The van der Waals surface area contributed by atoms with Crippen LogP contribution >= 0.6 is 0 Å². The molecule has 4 rings (SSSR count). The van der Waals surface area contributed by atoms with Crippen molar-refractivity contribution in [1.29, 1.82) is 0 Å². The lowest BCUT2D eigenvalue weighted by Gasteiger charge is -2.22. The van der Waals surface area contributed by atoms with Gasteiger partial charge in [-0.3, -0.25) is 14.6 Å². The standard InChI is InChI=1S/C24H30N4O2S/c1-17-15-20(16-18-9-11-19(12-10-18)26-31(4,29)30)28(3)24(17)23-21(7-5-13-25-23)22-8-6-14-27(22)2/h5,7,9-13,15,22,26H,6,8,14,16H2,1-4H3/t22-/m0/s1.